The molecule has 2 aromatic rings. The summed E-state index contributed by atoms with van der Waals surface area (Å²) < 4.78 is 11.6. The van der Waals surface area contributed by atoms with E-state index in [2.05, 4.69) is 45.5 Å². The van der Waals surface area contributed by atoms with Gasteiger partial charge < -0.3 is 14.8 Å². The van der Waals surface area contributed by atoms with Crippen LogP contribution < -0.4 is 14.8 Å². The highest BCUT2D eigenvalue weighted by Gasteiger charge is 2.09. The molecule has 0 saturated heterocycles. The van der Waals surface area contributed by atoms with Crippen LogP contribution in [0.3, 0.4) is 0 Å². The summed E-state index contributed by atoms with van der Waals surface area (Å²) in [5.74, 6) is 1.48. The van der Waals surface area contributed by atoms with Crippen LogP contribution in [0.15, 0.2) is 46.9 Å². The first-order valence-corrected chi connectivity index (χ1v) is 7.69. The molecule has 0 amide bonds. The summed E-state index contributed by atoms with van der Waals surface area (Å²) in [4.78, 5) is 0. The molecule has 0 aliphatic rings. The van der Waals surface area contributed by atoms with Gasteiger partial charge in [-0.25, -0.2) is 0 Å². The third-order valence-corrected chi connectivity index (χ3v) is 4.04. The number of hydrogen-bond donors (Lipinski definition) is 1. The number of methoxy groups -OCH3 is 2. The number of hydrogen-bond acceptors (Lipinski definition) is 3. The molecule has 0 bridgehead atoms. The molecule has 0 saturated carbocycles. The Labute approximate surface area is 134 Å². The number of halogens is 1. The molecular weight excluding hydrogens is 330 g/mol. The Morgan fingerprint density at radius 2 is 1.67 bits per heavy atom. The Morgan fingerprint density at radius 3 is 2.33 bits per heavy atom. The second-order valence-electron chi connectivity index (χ2n) is 4.71. The van der Waals surface area contributed by atoms with Gasteiger partial charge in [0.2, 0.25) is 0 Å². The van der Waals surface area contributed by atoms with Crippen LogP contribution in [-0.2, 0) is 13.0 Å². The molecule has 3 nitrogen and oxygen atoms in total. The van der Waals surface area contributed by atoms with Crippen LogP contribution >= 0.6 is 15.9 Å². The highest BCUT2D eigenvalue weighted by molar-refractivity contribution is 9.10. The quantitative estimate of drug-likeness (QED) is 0.771. The van der Waals surface area contributed by atoms with Crippen molar-refractivity contribution in [1.29, 1.82) is 0 Å². The van der Waals surface area contributed by atoms with Crippen molar-refractivity contribution in [2.45, 2.75) is 13.0 Å². The largest absolute Gasteiger partial charge is 0.493 e. The molecule has 4 heteroatoms. The van der Waals surface area contributed by atoms with Crippen molar-refractivity contribution in [3.63, 3.8) is 0 Å². The Kier molecular flexibility index (Phi) is 6.08. The molecule has 112 valence electrons. The van der Waals surface area contributed by atoms with Crippen LogP contribution in [0, 0.1) is 0 Å². The topological polar surface area (TPSA) is 30.5 Å². The van der Waals surface area contributed by atoms with Gasteiger partial charge in [-0.2, -0.15) is 0 Å². The molecule has 1 N–H and O–H groups in total. The van der Waals surface area contributed by atoms with Crippen LogP contribution in [-0.4, -0.2) is 20.8 Å². The number of nitrogens with one attached hydrogen (secondary N) is 1. The first-order chi connectivity index (χ1) is 10.2. The van der Waals surface area contributed by atoms with E-state index in [9.17, 15) is 0 Å². The second kappa shape index (κ2) is 8.05. The molecule has 0 fully saturated rings. The first-order valence-electron chi connectivity index (χ1n) is 6.89. The molecule has 0 aromatic heterocycles. The Morgan fingerprint density at radius 1 is 1.00 bits per heavy atom. The predicted molar refractivity (Wildman–Crippen MR) is 89.1 cm³/mol. The molecule has 0 heterocycles. The van der Waals surface area contributed by atoms with Gasteiger partial charge in [0.1, 0.15) is 0 Å². The van der Waals surface area contributed by atoms with Gasteiger partial charge in [-0.15, -0.1) is 0 Å². The number of rotatable bonds is 7. The van der Waals surface area contributed by atoms with Crippen LogP contribution in [0.1, 0.15) is 11.1 Å². The fourth-order valence-electron chi connectivity index (χ4n) is 2.13. The minimum Gasteiger partial charge on any atom is -0.493 e. The van der Waals surface area contributed by atoms with E-state index >= 15 is 0 Å². The normalized spacial score (nSPS) is 10.4. The molecule has 0 unspecified atom stereocenters. The fourth-order valence-corrected chi connectivity index (χ4v) is 2.59. The smallest absolute Gasteiger partial charge is 0.161 e. The fraction of sp³-hybridized carbons (Fsp3) is 0.294. The van der Waals surface area contributed by atoms with E-state index < -0.39 is 0 Å². The summed E-state index contributed by atoms with van der Waals surface area (Å²) >= 11 is 3.57. The van der Waals surface area contributed by atoms with E-state index in [-0.39, 0.29) is 0 Å². The van der Waals surface area contributed by atoms with Crippen molar-refractivity contribution in [2.24, 2.45) is 0 Å². The van der Waals surface area contributed by atoms with Gasteiger partial charge in [0, 0.05) is 11.0 Å². The Balaban J connectivity index is 1.91. The van der Waals surface area contributed by atoms with Gasteiger partial charge in [-0.05, 0) is 36.2 Å². The monoisotopic (exact) mass is 349 g/mol. The zero-order chi connectivity index (χ0) is 15.1. The third-order valence-electron chi connectivity index (χ3n) is 3.30. The molecule has 2 aromatic carbocycles. The van der Waals surface area contributed by atoms with Gasteiger partial charge in [-0.1, -0.05) is 46.3 Å². The van der Waals surface area contributed by atoms with Gasteiger partial charge in [-0.3, -0.25) is 0 Å². The standard InChI is InChI=1S/C17H20BrNO2/c1-20-16-10-14(15(18)11-17(16)21-2)12-19-9-8-13-6-4-3-5-7-13/h3-7,10-11,19H,8-9,12H2,1-2H3. The SMILES string of the molecule is COc1cc(Br)c(CNCCc2ccccc2)cc1OC. The van der Waals surface area contributed by atoms with Gasteiger partial charge in [0.15, 0.2) is 11.5 Å². The summed E-state index contributed by atoms with van der Waals surface area (Å²) in [5, 5.41) is 3.45. The minimum absolute atomic E-state index is 0.734. The predicted octanol–water partition coefficient (Wildman–Crippen LogP) is 3.80. The zero-order valence-corrected chi connectivity index (χ0v) is 13.9. The lowest BCUT2D eigenvalue weighted by molar-refractivity contribution is 0.354. The van der Waals surface area contributed by atoms with Crippen molar-refractivity contribution in [3.8, 4) is 11.5 Å². The Hall–Kier alpha value is -1.52. The summed E-state index contributed by atoms with van der Waals surface area (Å²) in [5.41, 5.74) is 2.50. The van der Waals surface area contributed by atoms with E-state index in [0.717, 1.165) is 41.0 Å². The molecular formula is C17H20BrNO2. The highest BCUT2D eigenvalue weighted by Crippen LogP contribution is 2.33. The van der Waals surface area contributed by atoms with Crippen molar-refractivity contribution in [2.75, 3.05) is 20.8 Å². The second-order valence-corrected chi connectivity index (χ2v) is 5.57. The minimum atomic E-state index is 0.734. The number of ether oxygens (including phenoxy) is 2. The van der Waals surface area contributed by atoms with Gasteiger partial charge in [0.05, 0.1) is 14.2 Å². The van der Waals surface area contributed by atoms with Crippen molar-refractivity contribution in [3.05, 3.63) is 58.1 Å². The maximum absolute atomic E-state index is 5.33. The van der Waals surface area contributed by atoms with Crippen LogP contribution in [0.2, 0.25) is 0 Å². The van der Waals surface area contributed by atoms with Gasteiger partial charge in [0.25, 0.3) is 0 Å². The third kappa shape index (κ3) is 4.48. The molecule has 0 aliphatic heterocycles. The molecule has 0 spiro atoms. The summed E-state index contributed by atoms with van der Waals surface area (Å²) in [6.45, 7) is 1.72. The molecule has 0 atom stereocenters. The van der Waals surface area contributed by atoms with E-state index in [1.165, 1.54) is 5.56 Å². The average molecular weight is 350 g/mol. The summed E-state index contributed by atoms with van der Waals surface area (Å²) in [6, 6.07) is 14.4. The van der Waals surface area contributed by atoms with E-state index in [1.807, 2.05) is 18.2 Å². The van der Waals surface area contributed by atoms with Crippen molar-refractivity contribution >= 4 is 15.9 Å². The van der Waals surface area contributed by atoms with E-state index in [0.29, 0.717) is 0 Å². The molecule has 2 rings (SSSR count). The molecule has 0 aliphatic carbocycles. The van der Waals surface area contributed by atoms with E-state index in [1.54, 1.807) is 14.2 Å². The lowest BCUT2D eigenvalue weighted by Gasteiger charge is -2.12. The summed E-state index contributed by atoms with van der Waals surface area (Å²) in [7, 11) is 3.29. The van der Waals surface area contributed by atoms with Crippen LogP contribution in [0.25, 0.3) is 0 Å². The van der Waals surface area contributed by atoms with Crippen molar-refractivity contribution < 1.29 is 9.47 Å². The number of benzene rings is 2. The zero-order valence-electron chi connectivity index (χ0n) is 12.4. The molecule has 0 radical (unpaired) electrons. The lowest BCUT2D eigenvalue weighted by atomic mass is 10.1. The van der Waals surface area contributed by atoms with Gasteiger partial charge >= 0.3 is 0 Å². The maximum Gasteiger partial charge on any atom is 0.161 e. The highest BCUT2D eigenvalue weighted by atomic mass is 79.9. The van der Waals surface area contributed by atoms with Crippen LogP contribution in [0.5, 0.6) is 11.5 Å². The van der Waals surface area contributed by atoms with E-state index in [4.69, 9.17) is 9.47 Å². The Bertz CT molecular complexity index is 573. The first kappa shape index (κ1) is 15.9. The summed E-state index contributed by atoms with van der Waals surface area (Å²) in [6.07, 6.45) is 1.02. The lowest BCUT2D eigenvalue weighted by Crippen LogP contribution is -2.17. The molecule has 21 heavy (non-hydrogen) atoms. The van der Waals surface area contributed by atoms with Crippen molar-refractivity contribution in [1.82, 2.24) is 5.32 Å². The average Bonchev–Trinajstić information content (AvgIpc) is 2.53. The maximum atomic E-state index is 5.33. The van der Waals surface area contributed by atoms with Crippen LogP contribution in [0.4, 0.5) is 0 Å².